The van der Waals surface area contributed by atoms with E-state index in [1.807, 2.05) is 0 Å². The molecule has 1 saturated carbocycles. The molecule has 1 aliphatic carbocycles. The monoisotopic (exact) mass is 252 g/mol. The van der Waals surface area contributed by atoms with Gasteiger partial charge in [-0.05, 0) is 38.5 Å². The third-order valence-corrected chi connectivity index (χ3v) is 5.04. The first kappa shape index (κ1) is 13.9. The highest BCUT2D eigenvalue weighted by Gasteiger charge is 2.38. The maximum absolute atomic E-state index is 12.6. The number of hydrogen-bond donors (Lipinski definition) is 1. The summed E-state index contributed by atoms with van der Waals surface area (Å²) in [6.07, 6.45) is 8.07. The molecule has 0 aromatic heterocycles. The van der Waals surface area contributed by atoms with Gasteiger partial charge in [-0.3, -0.25) is 4.79 Å². The van der Waals surface area contributed by atoms with Gasteiger partial charge in [0.05, 0.1) is 0 Å². The molecule has 1 saturated heterocycles. The van der Waals surface area contributed by atoms with Crippen molar-refractivity contribution in [2.45, 2.75) is 64.8 Å². The summed E-state index contributed by atoms with van der Waals surface area (Å²) < 4.78 is 0. The van der Waals surface area contributed by atoms with E-state index in [0.29, 0.717) is 11.8 Å². The third kappa shape index (κ3) is 2.87. The smallest absolute Gasteiger partial charge is 0.228 e. The van der Waals surface area contributed by atoms with Crippen LogP contribution in [0, 0.1) is 11.3 Å². The van der Waals surface area contributed by atoms with Gasteiger partial charge in [0.25, 0.3) is 0 Å². The van der Waals surface area contributed by atoms with Crippen molar-refractivity contribution in [3.05, 3.63) is 0 Å². The largest absolute Gasteiger partial charge is 0.342 e. The fourth-order valence-corrected chi connectivity index (χ4v) is 3.56. The summed E-state index contributed by atoms with van der Waals surface area (Å²) in [6, 6.07) is 0.271. The molecule has 0 spiro atoms. The van der Waals surface area contributed by atoms with Crippen LogP contribution in [0.15, 0.2) is 0 Å². The Kier molecular flexibility index (Phi) is 4.31. The number of piperidine rings is 1. The highest BCUT2D eigenvalue weighted by Crippen LogP contribution is 2.38. The number of nitrogens with two attached hydrogens (primary N) is 1. The summed E-state index contributed by atoms with van der Waals surface area (Å²) in [7, 11) is 0. The number of hydrogen-bond acceptors (Lipinski definition) is 2. The molecule has 0 aromatic carbocycles. The lowest BCUT2D eigenvalue weighted by Crippen LogP contribution is -2.48. The van der Waals surface area contributed by atoms with Crippen molar-refractivity contribution < 1.29 is 4.79 Å². The fraction of sp³-hybridized carbons (Fsp3) is 0.933. The summed E-state index contributed by atoms with van der Waals surface area (Å²) in [6.45, 7) is 6.10. The minimum atomic E-state index is -0.0700. The first-order valence-corrected chi connectivity index (χ1v) is 7.58. The van der Waals surface area contributed by atoms with Crippen molar-refractivity contribution in [2.24, 2.45) is 17.1 Å². The minimum Gasteiger partial charge on any atom is -0.342 e. The van der Waals surface area contributed by atoms with Crippen LogP contribution in [0.25, 0.3) is 0 Å². The molecule has 0 bridgehead atoms. The topological polar surface area (TPSA) is 46.3 Å². The van der Waals surface area contributed by atoms with Crippen molar-refractivity contribution in [1.29, 1.82) is 0 Å². The quantitative estimate of drug-likeness (QED) is 0.821. The zero-order chi connectivity index (χ0) is 13.2. The van der Waals surface area contributed by atoms with Crippen molar-refractivity contribution in [1.82, 2.24) is 4.90 Å². The van der Waals surface area contributed by atoms with Gasteiger partial charge in [-0.25, -0.2) is 0 Å². The van der Waals surface area contributed by atoms with Crippen molar-refractivity contribution in [3.8, 4) is 0 Å². The van der Waals surface area contributed by atoms with E-state index in [2.05, 4.69) is 18.7 Å². The number of rotatable bonds is 2. The van der Waals surface area contributed by atoms with Gasteiger partial charge in [0, 0.05) is 24.5 Å². The predicted molar refractivity (Wildman–Crippen MR) is 74.1 cm³/mol. The van der Waals surface area contributed by atoms with Gasteiger partial charge in [0.15, 0.2) is 0 Å². The number of nitrogens with zero attached hydrogens (tertiary/aromatic N) is 1. The lowest BCUT2D eigenvalue weighted by Gasteiger charge is -2.40. The summed E-state index contributed by atoms with van der Waals surface area (Å²) in [5.74, 6) is 1.01. The van der Waals surface area contributed by atoms with E-state index in [4.69, 9.17) is 5.73 Å². The van der Waals surface area contributed by atoms with Crippen LogP contribution in [-0.4, -0.2) is 29.9 Å². The standard InChI is InChI=1S/C15H28N2O/c1-12(16)13-6-10-17(11-7-13)14(18)15(2)8-4-3-5-9-15/h12-13H,3-11,16H2,1-2H3. The Morgan fingerprint density at radius 3 is 2.28 bits per heavy atom. The fourth-order valence-electron chi connectivity index (χ4n) is 3.56. The van der Waals surface area contributed by atoms with E-state index in [1.54, 1.807) is 0 Å². The van der Waals surface area contributed by atoms with Crippen LogP contribution >= 0.6 is 0 Å². The maximum Gasteiger partial charge on any atom is 0.228 e. The average molecular weight is 252 g/mol. The van der Waals surface area contributed by atoms with Crippen LogP contribution in [0.1, 0.15) is 58.8 Å². The Hall–Kier alpha value is -0.570. The van der Waals surface area contributed by atoms with E-state index >= 15 is 0 Å². The lowest BCUT2D eigenvalue weighted by molar-refractivity contribution is -0.144. The van der Waals surface area contributed by atoms with Crippen LogP contribution in [0.4, 0.5) is 0 Å². The second-order valence-electron chi connectivity index (χ2n) is 6.61. The van der Waals surface area contributed by atoms with Crippen molar-refractivity contribution in [3.63, 3.8) is 0 Å². The van der Waals surface area contributed by atoms with Crippen LogP contribution in [-0.2, 0) is 4.79 Å². The first-order chi connectivity index (χ1) is 8.53. The summed E-state index contributed by atoms with van der Waals surface area (Å²) in [4.78, 5) is 14.7. The van der Waals surface area contributed by atoms with Crippen LogP contribution in [0.3, 0.4) is 0 Å². The van der Waals surface area contributed by atoms with Gasteiger partial charge in [0.1, 0.15) is 0 Å². The molecule has 2 aliphatic rings. The van der Waals surface area contributed by atoms with Crippen molar-refractivity contribution in [2.75, 3.05) is 13.1 Å². The van der Waals surface area contributed by atoms with E-state index < -0.39 is 0 Å². The van der Waals surface area contributed by atoms with Gasteiger partial charge >= 0.3 is 0 Å². The minimum absolute atomic E-state index is 0.0700. The van der Waals surface area contributed by atoms with E-state index in [9.17, 15) is 4.79 Å². The Balaban J connectivity index is 1.90. The number of carbonyl (C=O) groups excluding carboxylic acids is 1. The Morgan fingerprint density at radius 2 is 1.78 bits per heavy atom. The predicted octanol–water partition coefficient (Wildman–Crippen LogP) is 2.54. The molecule has 18 heavy (non-hydrogen) atoms. The zero-order valence-electron chi connectivity index (χ0n) is 12.0. The van der Waals surface area contributed by atoms with Gasteiger partial charge in [0.2, 0.25) is 5.91 Å². The van der Waals surface area contributed by atoms with E-state index in [0.717, 1.165) is 38.8 Å². The van der Waals surface area contributed by atoms with Gasteiger partial charge in [-0.1, -0.05) is 26.2 Å². The molecular weight excluding hydrogens is 224 g/mol. The van der Waals surface area contributed by atoms with Crippen molar-refractivity contribution >= 4 is 5.91 Å². The normalized spacial score (nSPS) is 26.9. The molecule has 1 unspecified atom stereocenters. The van der Waals surface area contributed by atoms with Crippen LogP contribution in [0.2, 0.25) is 0 Å². The Morgan fingerprint density at radius 1 is 1.22 bits per heavy atom. The molecule has 104 valence electrons. The van der Waals surface area contributed by atoms with Crippen LogP contribution < -0.4 is 5.73 Å². The van der Waals surface area contributed by atoms with Gasteiger partial charge in [-0.2, -0.15) is 0 Å². The van der Waals surface area contributed by atoms with E-state index in [1.165, 1.54) is 19.3 Å². The molecule has 0 aromatic rings. The number of amides is 1. The molecular formula is C15H28N2O. The highest BCUT2D eigenvalue weighted by atomic mass is 16.2. The lowest BCUT2D eigenvalue weighted by atomic mass is 9.74. The second-order valence-corrected chi connectivity index (χ2v) is 6.61. The SMILES string of the molecule is CC(N)C1CCN(C(=O)C2(C)CCCCC2)CC1. The summed E-state index contributed by atoms with van der Waals surface area (Å²) >= 11 is 0. The first-order valence-electron chi connectivity index (χ1n) is 7.58. The average Bonchev–Trinajstić information content (AvgIpc) is 2.39. The summed E-state index contributed by atoms with van der Waals surface area (Å²) in [5, 5.41) is 0. The molecule has 3 heteroatoms. The molecule has 1 atom stereocenters. The molecule has 3 nitrogen and oxygen atoms in total. The highest BCUT2D eigenvalue weighted by molar-refractivity contribution is 5.82. The molecule has 2 rings (SSSR count). The van der Waals surface area contributed by atoms with Gasteiger partial charge in [-0.15, -0.1) is 0 Å². The molecule has 1 amide bonds. The summed E-state index contributed by atoms with van der Waals surface area (Å²) in [5.41, 5.74) is 5.88. The molecule has 2 fully saturated rings. The molecule has 1 aliphatic heterocycles. The second kappa shape index (κ2) is 5.60. The third-order valence-electron chi connectivity index (χ3n) is 5.04. The maximum atomic E-state index is 12.6. The van der Waals surface area contributed by atoms with Gasteiger partial charge < -0.3 is 10.6 Å². The Labute approximate surface area is 111 Å². The van der Waals surface area contributed by atoms with E-state index in [-0.39, 0.29) is 11.5 Å². The van der Waals surface area contributed by atoms with Crippen LogP contribution in [0.5, 0.6) is 0 Å². The Bertz CT molecular complexity index is 287. The molecule has 1 heterocycles. The molecule has 2 N–H and O–H groups in total. The number of likely N-dealkylation sites (tertiary alicyclic amines) is 1. The zero-order valence-corrected chi connectivity index (χ0v) is 12.0. The number of carbonyl (C=O) groups is 1. The molecule has 0 radical (unpaired) electrons.